The van der Waals surface area contributed by atoms with Crippen molar-refractivity contribution in [3.8, 4) is 16.9 Å². The number of hydrogen-bond donors (Lipinski definition) is 1. The molecule has 1 aromatic heterocycles. The fraction of sp³-hybridized carbons (Fsp3) is 0.182. The third kappa shape index (κ3) is 3.60. The lowest BCUT2D eigenvalue weighted by atomic mass is 10.1. The molecule has 1 aliphatic rings. The molecule has 2 aromatic carbocycles. The molecule has 152 valence electrons. The summed E-state index contributed by atoms with van der Waals surface area (Å²) in [5, 5.41) is 4.78. The highest BCUT2D eigenvalue weighted by Gasteiger charge is 2.43. The third-order valence-corrected chi connectivity index (χ3v) is 5.03. The molecule has 0 aliphatic carbocycles. The summed E-state index contributed by atoms with van der Waals surface area (Å²) in [6, 6.07) is 19.1. The lowest BCUT2D eigenvalue weighted by Gasteiger charge is -2.19. The number of amides is 4. The van der Waals surface area contributed by atoms with E-state index in [0.29, 0.717) is 6.54 Å². The van der Waals surface area contributed by atoms with Crippen molar-refractivity contribution in [2.75, 3.05) is 20.8 Å². The summed E-state index contributed by atoms with van der Waals surface area (Å²) in [4.78, 5) is 38.7. The Balaban J connectivity index is 1.61. The first-order valence-corrected chi connectivity index (χ1v) is 9.60. The molecule has 0 spiro atoms. The molecule has 0 bridgehead atoms. The van der Waals surface area contributed by atoms with Gasteiger partial charge in [0.2, 0.25) is 0 Å². The van der Waals surface area contributed by atoms with Gasteiger partial charge in [0.1, 0.15) is 12.2 Å². The Morgan fingerprint density at radius 2 is 1.53 bits per heavy atom. The molecule has 1 atom stereocenters. The van der Waals surface area contributed by atoms with Crippen LogP contribution in [0.25, 0.3) is 16.9 Å². The van der Waals surface area contributed by atoms with Crippen LogP contribution in [0.3, 0.4) is 0 Å². The van der Waals surface area contributed by atoms with E-state index < -0.39 is 17.8 Å². The van der Waals surface area contributed by atoms with E-state index in [2.05, 4.69) is 0 Å². The normalized spacial score (nSPS) is 15.2. The van der Waals surface area contributed by atoms with Crippen molar-refractivity contribution < 1.29 is 19.3 Å². The SMILES string of the molecule is CN1C(=O)C(=O)N(C[NH+](C)Cc2cn(-c3ccccc3)nc2-c2ccccc2)C1=O. The lowest BCUT2D eigenvalue weighted by molar-refractivity contribution is -0.901. The minimum absolute atomic E-state index is 0.0957. The van der Waals surface area contributed by atoms with E-state index in [-0.39, 0.29) is 6.67 Å². The fourth-order valence-electron chi connectivity index (χ4n) is 3.50. The minimum Gasteiger partial charge on any atom is -0.316 e. The van der Waals surface area contributed by atoms with E-state index >= 15 is 0 Å². The van der Waals surface area contributed by atoms with Crippen LogP contribution in [0.2, 0.25) is 0 Å². The highest BCUT2D eigenvalue weighted by Crippen LogP contribution is 2.23. The highest BCUT2D eigenvalue weighted by atomic mass is 16.2. The van der Waals surface area contributed by atoms with E-state index in [1.54, 1.807) is 0 Å². The van der Waals surface area contributed by atoms with Gasteiger partial charge in [-0.05, 0) is 12.1 Å². The zero-order chi connectivity index (χ0) is 21.3. The van der Waals surface area contributed by atoms with Crippen molar-refractivity contribution >= 4 is 17.8 Å². The van der Waals surface area contributed by atoms with Crippen molar-refractivity contribution in [3.05, 3.63) is 72.4 Å². The number of hydrogen-bond acceptors (Lipinski definition) is 4. The molecule has 8 nitrogen and oxygen atoms in total. The monoisotopic (exact) mass is 404 g/mol. The van der Waals surface area contributed by atoms with Gasteiger partial charge >= 0.3 is 17.8 Å². The van der Waals surface area contributed by atoms with E-state index in [0.717, 1.165) is 37.2 Å². The average molecular weight is 404 g/mol. The van der Waals surface area contributed by atoms with Gasteiger partial charge in [0, 0.05) is 18.8 Å². The lowest BCUT2D eigenvalue weighted by Crippen LogP contribution is -3.09. The standard InChI is InChI=1S/C22H21N5O3/c1-24(15-26-21(29)20(28)25(2)22(26)30)13-17-14-27(18-11-7-4-8-12-18)23-19(17)16-9-5-3-6-10-16/h3-12,14H,13,15H2,1-2H3/p+1. The van der Waals surface area contributed by atoms with Gasteiger partial charge in [-0.1, -0.05) is 48.5 Å². The van der Waals surface area contributed by atoms with Crippen LogP contribution in [0.15, 0.2) is 66.9 Å². The van der Waals surface area contributed by atoms with Gasteiger partial charge in [-0.15, -0.1) is 0 Å². The van der Waals surface area contributed by atoms with Crippen LogP contribution < -0.4 is 4.90 Å². The maximum Gasteiger partial charge on any atom is 0.338 e. The largest absolute Gasteiger partial charge is 0.338 e. The summed E-state index contributed by atoms with van der Waals surface area (Å²) in [6.07, 6.45) is 1.96. The summed E-state index contributed by atoms with van der Waals surface area (Å²) in [5.74, 6) is -1.58. The molecule has 0 saturated carbocycles. The number of nitrogens with one attached hydrogen (secondary N) is 1. The maximum absolute atomic E-state index is 12.2. The molecule has 30 heavy (non-hydrogen) atoms. The molecule has 8 heteroatoms. The van der Waals surface area contributed by atoms with Crippen molar-refractivity contribution in [1.29, 1.82) is 0 Å². The molecule has 2 heterocycles. The smallest absolute Gasteiger partial charge is 0.316 e. The number of carbonyl (C=O) groups is 3. The van der Waals surface area contributed by atoms with E-state index in [9.17, 15) is 14.4 Å². The van der Waals surface area contributed by atoms with Gasteiger partial charge in [0.05, 0.1) is 18.3 Å². The van der Waals surface area contributed by atoms with Crippen LogP contribution >= 0.6 is 0 Å². The van der Waals surface area contributed by atoms with Gasteiger partial charge in [0.15, 0.2) is 6.67 Å². The molecule has 0 radical (unpaired) electrons. The van der Waals surface area contributed by atoms with Crippen molar-refractivity contribution in [1.82, 2.24) is 19.6 Å². The summed E-state index contributed by atoms with van der Waals surface area (Å²) < 4.78 is 1.83. The molecule has 1 N–H and O–H groups in total. The Morgan fingerprint density at radius 3 is 2.13 bits per heavy atom. The molecule has 1 unspecified atom stereocenters. The molecule has 4 rings (SSSR count). The summed E-state index contributed by atoms with van der Waals surface area (Å²) >= 11 is 0. The number of urea groups is 1. The van der Waals surface area contributed by atoms with E-state index in [1.807, 2.05) is 78.6 Å². The van der Waals surface area contributed by atoms with Gasteiger partial charge in [-0.25, -0.2) is 14.4 Å². The predicted molar refractivity (Wildman–Crippen MR) is 109 cm³/mol. The van der Waals surface area contributed by atoms with Gasteiger partial charge in [-0.3, -0.25) is 14.5 Å². The first-order chi connectivity index (χ1) is 14.5. The van der Waals surface area contributed by atoms with Gasteiger partial charge < -0.3 is 4.90 Å². The number of likely N-dealkylation sites (N-methyl/N-ethyl adjacent to an activating group) is 1. The number of aromatic nitrogens is 2. The van der Waals surface area contributed by atoms with Crippen LogP contribution in [0, 0.1) is 0 Å². The number of benzene rings is 2. The van der Waals surface area contributed by atoms with Crippen LogP contribution in [0.4, 0.5) is 4.79 Å². The minimum atomic E-state index is -0.797. The second-order valence-corrected chi connectivity index (χ2v) is 7.32. The number of nitrogens with zero attached hydrogens (tertiary/aromatic N) is 4. The molecule has 1 fully saturated rings. The van der Waals surface area contributed by atoms with Gasteiger partial charge in [-0.2, -0.15) is 5.10 Å². The summed E-state index contributed by atoms with van der Waals surface area (Å²) in [5.41, 5.74) is 3.74. The number of para-hydroxylation sites is 1. The first kappa shape index (κ1) is 19.5. The quantitative estimate of drug-likeness (QED) is 0.490. The van der Waals surface area contributed by atoms with Gasteiger partial charge in [0.25, 0.3) is 0 Å². The average Bonchev–Trinajstić information content (AvgIpc) is 3.26. The fourth-order valence-corrected chi connectivity index (χ4v) is 3.50. The predicted octanol–water partition coefficient (Wildman–Crippen LogP) is 0.932. The Kier molecular flexibility index (Phi) is 5.16. The zero-order valence-electron chi connectivity index (χ0n) is 16.8. The molecule has 4 amide bonds. The highest BCUT2D eigenvalue weighted by molar-refractivity contribution is 6.44. The molecular weight excluding hydrogens is 382 g/mol. The Labute approximate surface area is 173 Å². The van der Waals surface area contributed by atoms with Crippen LogP contribution in [-0.2, 0) is 16.1 Å². The Bertz CT molecular complexity index is 1090. The van der Waals surface area contributed by atoms with Crippen molar-refractivity contribution in [2.24, 2.45) is 0 Å². The number of rotatable bonds is 6. The van der Waals surface area contributed by atoms with Crippen LogP contribution in [-0.4, -0.2) is 58.2 Å². The number of quaternary nitrogens is 1. The summed E-state index contributed by atoms with van der Waals surface area (Å²) in [7, 11) is 3.19. The van der Waals surface area contributed by atoms with Crippen LogP contribution in [0.5, 0.6) is 0 Å². The number of imide groups is 2. The zero-order valence-corrected chi connectivity index (χ0v) is 16.8. The third-order valence-electron chi connectivity index (χ3n) is 5.03. The Morgan fingerprint density at radius 1 is 0.900 bits per heavy atom. The second kappa shape index (κ2) is 7.92. The second-order valence-electron chi connectivity index (χ2n) is 7.32. The van der Waals surface area contributed by atoms with Crippen molar-refractivity contribution in [2.45, 2.75) is 6.54 Å². The summed E-state index contributed by atoms with van der Waals surface area (Å²) in [6.45, 7) is 0.616. The number of carbonyl (C=O) groups excluding carboxylic acids is 3. The topological polar surface area (TPSA) is 80.0 Å². The van der Waals surface area contributed by atoms with Crippen LogP contribution in [0.1, 0.15) is 5.56 Å². The maximum atomic E-state index is 12.2. The van der Waals surface area contributed by atoms with E-state index in [1.165, 1.54) is 7.05 Å². The van der Waals surface area contributed by atoms with E-state index in [4.69, 9.17) is 5.10 Å². The molecule has 1 aliphatic heterocycles. The molecule has 3 aromatic rings. The first-order valence-electron chi connectivity index (χ1n) is 9.60. The molecule has 1 saturated heterocycles. The molecular formula is C22H22N5O3+. The van der Waals surface area contributed by atoms with Crippen molar-refractivity contribution in [3.63, 3.8) is 0 Å². The Hall–Kier alpha value is -3.78.